The van der Waals surface area contributed by atoms with Crippen molar-refractivity contribution >= 4 is 0 Å². The van der Waals surface area contributed by atoms with E-state index in [1.54, 1.807) is 5.56 Å². The largest absolute Gasteiger partial charge is 0.103 e. The van der Waals surface area contributed by atoms with Crippen LogP contribution in [-0.2, 0) is 0 Å². The summed E-state index contributed by atoms with van der Waals surface area (Å²) < 4.78 is 0. The molecule has 0 radical (unpaired) electrons. The summed E-state index contributed by atoms with van der Waals surface area (Å²) in [6, 6.07) is 9.30. The van der Waals surface area contributed by atoms with Crippen molar-refractivity contribution in [3.8, 4) is 0 Å². The van der Waals surface area contributed by atoms with Crippen LogP contribution in [0, 0.1) is 24.7 Å². The lowest BCUT2D eigenvalue weighted by molar-refractivity contribution is 0.157. The predicted octanol–water partition coefficient (Wildman–Crippen LogP) is 7.04. The highest BCUT2D eigenvalue weighted by Gasteiger charge is 2.30. The van der Waals surface area contributed by atoms with Crippen LogP contribution in [0.2, 0.25) is 0 Å². The Bertz CT molecular complexity index is 467. The van der Waals surface area contributed by atoms with Gasteiger partial charge in [0.25, 0.3) is 0 Å². The van der Waals surface area contributed by atoms with Crippen molar-refractivity contribution in [2.24, 2.45) is 17.8 Å². The second kappa shape index (κ2) is 8.18. The summed E-state index contributed by atoms with van der Waals surface area (Å²) in [5, 5.41) is 0. The Kier molecular flexibility index (Phi) is 5.97. The van der Waals surface area contributed by atoms with E-state index in [0.29, 0.717) is 0 Å². The van der Waals surface area contributed by atoms with Crippen molar-refractivity contribution in [2.75, 3.05) is 0 Å². The fourth-order valence-electron chi connectivity index (χ4n) is 5.06. The van der Waals surface area contributed by atoms with Gasteiger partial charge in [0.1, 0.15) is 0 Å². The second-order valence-corrected chi connectivity index (χ2v) is 8.17. The highest BCUT2D eigenvalue weighted by molar-refractivity contribution is 5.24. The number of hydrogen-bond acceptors (Lipinski definition) is 0. The zero-order valence-corrected chi connectivity index (χ0v) is 15.0. The molecule has 23 heavy (non-hydrogen) atoms. The van der Waals surface area contributed by atoms with E-state index in [9.17, 15) is 0 Å². The molecular weight excluding hydrogens is 276 g/mol. The van der Waals surface area contributed by atoms with E-state index < -0.39 is 0 Å². The Hall–Kier alpha value is -1.04. The van der Waals surface area contributed by atoms with Gasteiger partial charge in [-0.25, -0.2) is 0 Å². The van der Waals surface area contributed by atoms with E-state index in [4.69, 9.17) is 0 Å². The quantitative estimate of drug-likeness (QED) is 0.511. The molecule has 0 amide bonds. The molecule has 0 aromatic heterocycles. The van der Waals surface area contributed by atoms with E-state index in [1.165, 1.54) is 69.8 Å². The molecule has 0 unspecified atom stereocenters. The molecule has 2 saturated carbocycles. The van der Waals surface area contributed by atoms with Gasteiger partial charge in [0.2, 0.25) is 0 Å². The van der Waals surface area contributed by atoms with Gasteiger partial charge in [-0.3, -0.25) is 0 Å². The average Bonchev–Trinajstić information content (AvgIpc) is 2.61. The molecule has 1 aromatic carbocycles. The second-order valence-electron chi connectivity index (χ2n) is 8.17. The first-order chi connectivity index (χ1) is 11.3. The lowest BCUT2D eigenvalue weighted by atomic mass is 9.68. The molecule has 0 atom stereocenters. The third-order valence-corrected chi connectivity index (χ3v) is 6.66. The third kappa shape index (κ3) is 4.49. The van der Waals surface area contributed by atoms with E-state index in [1.807, 2.05) is 0 Å². The van der Waals surface area contributed by atoms with Gasteiger partial charge in [-0.1, -0.05) is 48.7 Å². The van der Waals surface area contributed by atoms with Crippen LogP contribution >= 0.6 is 0 Å². The van der Waals surface area contributed by atoms with Crippen molar-refractivity contribution in [1.29, 1.82) is 0 Å². The molecule has 3 rings (SSSR count). The van der Waals surface area contributed by atoms with Crippen molar-refractivity contribution in [1.82, 2.24) is 0 Å². The lowest BCUT2D eigenvalue weighted by Crippen LogP contribution is -2.25. The van der Waals surface area contributed by atoms with E-state index in [2.05, 4.69) is 43.8 Å². The number of hydrogen-bond donors (Lipinski definition) is 0. The third-order valence-electron chi connectivity index (χ3n) is 6.66. The summed E-state index contributed by atoms with van der Waals surface area (Å²) in [4.78, 5) is 0. The summed E-state index contributed by atoms with van der Waals surface area (Å²) in [7, 11) is 0. The Balaban J connectivity index is 1.44. The first-order valence-corrected chi connectivity index (χ1v) is 9.93. The maximum absolute atomic E-state index is 3.87. The Morgan fingerprint density at radius 2 is 1.43 bits per heavy atom. The lowest BCUT2D eigenvalue weighted by Gasteiger charge is -2.38. The maximum Gasteiger partial charge on any atom is -0.0162 e. The first-order valence-electron chi connectivity index (χ1n) is 9.93. The summed E-state index contributed by atoms with van der Waals surface area (Å²) >= 11 is 0. The minimum atomic E-state index is 0.829. The standard InChI is InChI=1S/C23H34/c1-3-4-5-19-8-12-21(13-9-19)23-16-14-22(15-17-23)20-10-6-18(2)7-11-20/h3,6-7,10-11,19,21-23H,1,4-5,8-9,12-17H2,2H3/t19-,21-,22?,23?. The number of benzene rings is 1. The van der Waals surface area contributed by atoms with E-state index in [-0.39, 0.29) is 0 Å². The highest BCUT2D eigenvalue weighted by Crippen LogP contribution is 2.44. The molecule has 0 heterocycles. The fraction of sp³-hybridized carbons (Fsp3) is 0.652. The molecule has 2 fully saturated rings. The van der Waals surface area contributed by atoms with Gasteiger partial charge in [-0.15, -0.1) is 6.58 Å². The van der Waals surface area contributed by atoms with Crippen LogP contribution in [0.15, 0.2) is 36.9 Å². The van der Waals surface area contributed by atoms with Gasteiger partial charge < -0.3 is 0 Å². The highest BCUT2D eigenvalue weighted by atomic mass is 14.4. The van der Waals surface area contributed by atoms with Crippen molar-refractivity contribution in [2.45, 2.75) is 77.0 Å². The van der Waals surface area contributed by atoms with Crippen LogP contribution in [0.1, 0.15) is 81.3 Å². The molecule has 0 heteroatoms. The molecule has 0 aliphatic heterocycles. The summed E-state index contributed by atoms with van der Waals surface area (Å²) in [5.74, 6) is 3.88. The monoisotopic (exact) mass is 310 g/mol. The van der Waals surface area contributed by atoms with Gasteiger partial charge in [-0.2, -0.15) is 0 Å². The molecule has 1 aromatic rings. The Labute approximate surface area is 143 Å². The van der Waals surface area contributed by atoms with Crippen LogP contribution < -0.4 is 0 Å². The molecule has 2 aliphatic rings. The molecule has 126 valence electrons. The Morgan fingerprint density at radius 1 is 0.870 bits per heavy atom. The average molecular weight is 311 g/mol. The van der Waals surface area contributed by atoms with Crippen LogP contribution in [-0.4, -0.2) is 0 Å². The maximum atomic E-state index is 3.87. The van der Waals surface area contributed by atoms with Crippen molar-refractivity contribution in [3.05, 3.63) is 48.0 Å². The molecule has 2 aliphatic carbocycles. The number of aryl methyl sites for hydroxylation is 1. The summed E-state index contributed by atoms with van der Waals surface area (Å²) in [6.45, 7) is 6.06. The number of rotatable bonds is 5. The van der Waals surface area contributed by atoms with Crippen LogP contribution in [0.5, 0.6) is 0 Å². The van der Waals surface area contributed by atoms with E-state index in [0.717, 1.165) is 23.7 Å². The first kappa shape index (κ1) is 16.8. The van der Waals surface area contributed by atoms with Crippen LogP contribution in [0.4, 0.5) is 0 Å². The molecule has 0 nitrogen and oxygen atoms in total. The van der Waals surface area contributed by atoms with Crippen LogP contribution in [0.25, 0.3) is 0 Å². The predicted molar refractivity (Wildman–Crippen MR) is 101 cm³/mol. The van der Waals surface area contributed by atoms with Crippen molar-refractivity contribution in [3.63, 3.8) is 0 Å². The van der Waals surface area contributed by atoms with E-state index >= 15 is 0 Å². The minimum absolute atomic E-state index is 0.829. The zero-order valence-electron chi connectivity index (χ0n) is 15.0. The molecule has 0 spiro atoms. The smallest absolute Gasteiger partial charge is 0.0162 e. The molecular formula is C23H34. The topological polar surface area (TPSA) is 0 Å². The normalized spacial score (nSPS) is 31.7. The Morgan fingerprint density at radius 3 is 2.00 bits per heavy atom. The van der Waals surface area contributed by atoms with Crippen LogP contribution in [0.3, 0.4) is 0 Å². The van der Waals surface area contributed by atoms with Crippen molar-refractivity contribution < 1.29 is 0 Å². The SMILES string of the molecule is C=CCC[C@H]1CC[C@H](C2CCC(c3ccc(C)cc3)CC2)CC1. The van der Waals surface area contributed by atoms with Gasteiger partial charge in [0.15, 0.2) is 0 Å². The zero-order chi connectivity index (χ0) is 16.1. The van der Waals surface area contributed by atoms with Gasteiger partial charge in [0.05, 0.1) is 0 Å². The van der Waals surface area contributed by atoms with Gasteiger partial charge in [-0.05, 0) is 87.5 Å². The minimum Gasteiger partial charge on any atom is -0.103 e. The fourth-order valence-corrected chi connectivity index (χ4v) is 5.06. The number of allylic oxidation sites excluding steroid dienone is 1. The molecule has 0 saturated heterocycles. The summed E-state index contributed by atoms with van der Waals surface area (Å²) in [6.07, 6.45) is 16.5. The molecule has 0 N–H and O–H groups in total. The van der Waals surface area contributed by atoms with Gasteiger partial charge in [0, 0.05) is 0 Å². The molecule has 0 bridgehead atoms. The van der Waals surface area contributed by atoms with Gasteiger partial charge >= 0.3 is 0 Å². The summed E-state index contributed by atoms with van der Waals surface area (Å²) in [5.41, 5.74) is 2.97.